The van der Waals surface area contributed by atoms with E-state index >= 15 is 0 Å². The van der Waals surface area contributed by atoms with Gasteiger partial charge in [-0.25, -0.2) is 28.8 Å². The molecule has 8 rings (SSSR count). The number of fused-ring (bicyclic) bond motifs is 2. The summed E-state index contributed by atoms with van der Waals surface area (Å²) < 4.78 is 62.1. The van der Waals surface area contributed by atoms with Crippen LogP contribution in [0.5, 0.6) is 51.7 Å². The number of unbranched alkanes of at least 4 members (excludes halogenated alkanes) is 2. The van der Waals surface area contributed by atoms with Crippen LogP contribution < -0.4 is 42.6 Å². The molecule has 88 heavy (non-hydrogen) atoms. The van der Waals surface area contributed by atoms with Crippen molar-refractivity contribution in [1.29, 1.82) is 0 Å². The molecule has 0 heterocycles. The van der Waals surface area contributed by atoms with E-state index in [1.165, 1.54) is 69.9 Å². The summed E-state index contributed by atoms with van der Waals surface area (Å²) in [6, 6.07) is 40.8. The number of esters is 6. The van der Waals surface area contributed by atoms with Gasteiger partial charge in [0.25, 0.3) is 0 Å². The molecule has 0 aliphatic carbocycles. The van der Waals surface area contributed by atoms with E-state index in [4.69, 9.17) is 52.1 Å². The van der Waals surface area contributed by atoms with Crippen LogP contribution in [0.1, 0.15) is 63.1 Å². The predicted octanol–water partition coefficient (Wildman–Crippen LogP) is 12.6. The topological polar surface area (TPSA) is 224 Å². The lowest BCUT2D eigenvalue weighted by molar-refractivity contribution is -0.138. The van der Waals surface area contributed by atoms with Gasteiger partial charge in [0.2, 0.25) is 5.75 Å². The molecule has 0 atom stereocenters. The molecule has 8 aromatic rings. The zero-order valence-electron chi connectivity index (χ0n) is 48.5. The highest BCUT2D eigenvalue weighted by Gasteiger charge is 2.24. The standard InChI is InChI=1S/C70H62O18/c1-6-61(72)83-38-14-12-36-81-52-28-22-49(23-29-52)69(76)87-67-51(44-71)40-45(41-58(67)78-3)20-34-63(74)85-56-32-26-47-16-8-10-18-54(47)65(56)66-55-19-11-9-17-48(55)27-33-57(66)86-64(75)35-21-46-42-59(79-4)68(60(43-46)80-5)88-70(77)50-24-30-53(31-25-50)82-37-13-15-39-84-62(73)7-2/h6-11,16-35,40-43,71H,1-2,12-15,36-39,44H2,3-5H3/b34-20+,35-21+. The van der Waals surface area contributed by atoms with Gasteiger partial charge in [-0.3, -0.25) is 0 Å². The summed E-state index contributed by atoms with van der Waals surface area (Å²) in [4.78, 5) is 77.1. The van der Waals surface area contributed by atoms with Crippen LogP contribution in [0.15, 0.2) is 183 Å². The number of ether oxygens (including phenoxy) is 11. The van der Waals surface area contributed by atoms with E-state index in [0.29, 0.717) is 83.4 Å². The lowest BCUT2D eigenvalue weighted by Gasteiger charge is -2.18. The van der Waals surface area contributed by atoms with Crippen LogP contribution in [-0.4, -0.2) is 88.7 Å². The second-order valence-electron chi connectivity index (χ2n) is 19.1. The van der Waals surface area contributed by atoms with Crippen LogP contribution in [0.2, 0.25) is 0 Å². The molecule has 450 valence electrons. The van der Waals surface area contributed by atoms with Crippen molar-refractivity contribution < 1.29 is 86.0 Å². The quantitative estimate of drug-likeness (QED) is 0.0199. The Labute approximate surface area is 507 Å². The third-order valence-corrected chi connectivity index (χ3v) is 13.3. The fourth-order valence-electron chi connectivity index (χ4n) is 8.99. The number of carbonyl (C=O) groups excluding carboxylic acids is 6. The molecule has 0 unspecified atom stereocenters. The summed E-state index contributed by atoms with van der Waals surface area (Å²) in [5.41, 5.74) is 2.40. The van der Waals surface area contributed by atoms with Crippen LogP contribution in [0, 0.1) is 0 Å². The molecule has 0 bridgehead atoms. The minimum Gasteiger partial charge on any atom is -0.494 e. The lowest BCUT2D eigenvalue weighted by Crippen LogP contribution is -2.11. The van der Waals surface area contributed by atoms with E-state index in [1.54, 1.807) is 60.7 Å². The van der Waals surface area contributed by atoms with E-state index < -0.39 is 42.4 Å². The normalized spacial score (nSPS) is 11.0. The summed E-state index contributed by atoms with van der Waals surface area (Å²) in [6.07, 6.45) is 10.0. The first-order chi connectivity index (χ1) is 42.8. The molecule has 0 aromatic heterocycles. The van der Waals surface area contributed by atoms with Crippen molar-refractivity contribution in [3.63, 3.8) is 0 Å². The zero-order chi connectivity index (χ0) is 62.4. The van der Waals surface area contributed by atoms with E-state index in [0.717, 1.165) is 22.9 Å². The van der Waals surface area contributed by atoms with Crippen LogP contribution in [0.4, 0.5) is 0 Å². The van der Waals surface area contributed by atoms with Gasteiger partial charge in [-0.15, -0.1) is 0 Å². The zero-order valence-corrected chi connectivity index (χ0v) is 48.5. The van der Waals surface area contributed by atoms with Gasteiger partial charge in [-0.2, -0.15) is 0 Å². The highest BCUT2D eigenvalue weighted by Crippen LogP contribution is 2.46. The second-order valence-corrected chi connectivity index (χ2v) is 19.1. The third-order valence-electron chi connectivity index (χ3n) is 13.3. The Morgan fingerprint density at radius 1 is 0.432 bits per heavy atom. The average Bonchev–Trinajstić information content (AvgIpc) is 1.10. The smallest absolute Gasteiger partial charge is 0.343 e. The van der Waals surface area contributed by atoms with Crippen LogP contribution in [0.25, 0.3) is 44.8 Å². The second kappa shape index (κ2) is 31.2. The summed E-state index contributed by atoms with van der Waals surface area (Å²) in [7, 11) is 4.17. The maximum Gasteiger partial charge on any atom is 0.343 e. The summed E-state index contributed by atoms with van der Waals surface area (Å²) in [6.45, 7) is 7.41. The minimum absolute atomic E-state index is 0.00376. The maximum absolute atomic E-state index is 14.0. The molecule has 0 aliphatic heterocycles. The molecule has 0 saturated heterocycles. The van der Waals surface area contributed by atoms with Crippen molar-refractivity contribution in [2.24, 2.45) is 0 Å². The SMILES string of the molecule is C=CC(=O)OCCCCOc1ccc(C(=O)Oc2c(CO)cc(/C=C/C(=O)Oc3ccc4ccccc4c3-c3c(OC(=O)/C=C/c4cc(OC)c(OC(=O)c5ccc(OCCCCOC(=O)C=C)cc5)c(OC)c4)ccc4ccccc34)cc2OC)cc1. The average molecular weight is 1190 g/mol. The first-order valence-electron chi connectivity index (χ1n) is 27.7. The van der Waals surface area contributed by atoms with Gasteiger partial charge in [0.05, 0.1) is 65.5 Å². The minimum atomic E-state index is -0.776. The molecule has 0 spiro atoms. The van der Waals surface area contributed by atoms with Crippen LogP contribution in [0.3, 0.4) is 0 Å². The highest BCUT2D eigenvalue weighted by atomic mass is 16.6. The van der Waals surface area contributed by atoms with Crippen molar-refractivity contribution in [1.82, 2.24) is 0 Å². The molecule has 18 nitrogen and oxygen atoms in total. The Bertz CT molecular complexity index is 3610. The third kappa shape index (κ3) is 16.7. The van der Waals surface area contributed by atoms with Crippen LogP contribution >= 0.6 is 0 Å². The Balaban J connectivity index is 0.969. The molecule has 1 N–H and O–H groups in total. The van der Waals surface area contributed by atoms with Gasteiger partial charge in [0.1, 0.15) is 23.0 Å². The van der Waals surface area contributed by atoms with Crippen molar-refractivity contribution in [2.75, 3.05) is 47.8 Å². The van der Waals surface area contributed by atoms with E-state index in [2.05, 4.69) is 13.2 Å². The predicted molar refractivity (Wildman–Crippen MR) is 329 cm³/mol. The number of aliphatic hydroxyl groups is 1. The van der Waals surface area contributed by atoms with Gasteiger partial charge in [0.15, 0.2) is 23.0 Å². The number of aliphatic hydroxyl groups excluding tert-OH is 1. The van der Waals surface area contributed by atoms with Crippen molar-refractivity contribution in [2.45, 2.75) is 32.3 Å². The number of benzene rings is 8. The van der Waals surface area contributed by atoms with Crippen molar-refractivity contribution >= 4 is 69.5 Å². The lowest BCUT2D eigenvalue weighted by atomic mass is 9.92. The highest BCUT2D eigenvalue weighted by molar-refractivity contribution is 6.11. The van der Waals surface area contributed by atoms with Crippen LogP contribution in [-0.2, 0) is 35.3 Å². The molecule has 0 radical (unpaired) electrons. The summed E-state index contributed by atoms with van der Waals surface area (Å²) >= 11 is 0. The van der Waals surface area contributed by atoms with Gasteiger partial charge in [-0.1, -0.05) is 73.8 Å². The number of carbonyl (C=O) groups is 6. The summed E-state index contributed by atoms with van der Waals surface area (Å²) in [5, 5.41) is 13.4. The monoisotopic (exact) mass is 1190 g/mol. The number of rotatable bonds is 29. The van der Waals surface area contributed by atoms with Crippen molar-refractivity contribution in [3.05, 3.63) is 211 Å². The summed E-state index contributed by atoms with van der Waals surface area (Å²) in [5.74, 6) is -2.21. The number of methoxy groups -OCH3 is 3. The fourth-order valence-corrected chi connectivity index (χ4v) is 8.99. The Kier molecular flexibility index (Phi) is 22.4. The van der Waals surface area contributed by atoms with E-state index in [1.807, 2.05) is 60.7 Å². The molecular weight excluding hydrogens is 1130 g/mol. The molecule has 0 amide bonds. The van der Waals surface area contributed by atoms with Gasteiger partial charge in [-0.05, 0) is 155 Å². The number of hydrogen-bond acceptors (Lipinski definition) is 18. The van der Waals surface area contributed by atoms with E-state index in [9.17, 15) is 33.9 Å². The van der Waals surface area contributed by atoms with E-state index in [-0.39, 0.29) is 70.2 Å². The Morgan fingerprint density at radius 3 is 1.25 bits per heavy atom. The molecule has 0 aliphatic rings. The largest absolute Gasteiger partial charge is 0.494 e. The molecule has 18 heteroatoms. The first kappa shape index (κ1) is 63.1. The molecule has 8 aromatic carbocycles. The van der Waals surface area contributed by atoms with Gasteiger partial charge in [0, 0.05) is 41.0 Å². The van der Waals surface area contributed by atoms with Gasteiger partial charge < -0.3 is 57.2 Å². The molecule has 0 saturated carbocycles. The molecule has 0 fully saturated rings. The Hall–Kier alpha value is -11.0. The maximum atomic E-state index is 14.0. The van der Waals surface area contributed by atoms with Gasteiger partial charge >= 0.3 is 35.8 Å². The first-order valence-corrected chi connectivity index (χ1v) is 27.7. The molecular formula is C70H62O18. The van der Waals surface area contributed by atoms with Crippen molar-refractivity contribution in [3.8, 4) is 62.9 Å². The Morgan fingerprint density at radius 2 is 0.830 bits per heavy atom. The fraction of sp³-hybridized carbons (Fsp3) is 0.171. The number of hydrogen-bond donors (Lipinski definition) is 1.